The van der Waals surface area contributed by atoms with Gasteiger partial charge in [0.2, 0.25) is 0 Å². The second-order valence-electron chi connectivity index (χ2n) is 8.98. The molecule has 2 aromatic carbocycles. The molecule has 10 nitrogen and oxygen atoms in total. The van der Waals surface area contributed by atoms with Gasteiger partial charge in [0.05, 0.1) is 23.8 Å². The molecule has 1 aliphatic rings. The first-order valence-electron chi connectivity index (χ1n) is 11.8. The second kappa shape index (κ2) is 12.8. The van der Waals surface area contributed by atoms with Crippen LogP contribution in [-0.4, -0.2) is 54.3 Å². The maximum absolute atomic E-state index is 13.8. The number of fused-ring (bicyclic) bond motifs is 1. The third-order valence-electron chi connectivity index (χ3n) is 6.39. The molecule has 0 heterocycles. The Hall–Kier alpha value is -3.25. The number of nitrogens with zero attached hydrogens (tertiary/aromatic N) is 1. The molecular formula is C25H32ClFN6O4. The summed E-state index contributed by atoms with van der Waals surface area (Å²) in [5.41, 5.74) is 14.0. The molecule has 200 valence electrons. The fraction of sp³-hybridized carbons (Fsp3) is 0.400. The van der Waals surface area contributed by atoms with Gasteiger partial charge in [0.15, 0.2) is 5.96 Å². The maximum Gasteiger partial charge on any atom is 0.313 e. The average molecular weight is 535 g/mol. The lowest BCUT2D eigenvalue weighted by Gasteiger charge is -2.25. The number of hydrogen-bond acceptors (Lipinski definition) is 6. The van der Waals surface area contributed by atoms with Gasteiger partial charge in [-0.1, -0.05) is 29.8 Å². The Morgan fingerprint density at radius 3 is 2.57 bits per heavy atom. The van der Waals surface area contributed by atoms with Gasteiger partial charge in [0.25, 0.3) is 0 Å². The highest BCUT2D eigenvalue weighted by molar-refractivity contribution is 6.39. The summed E-state index contributed by atoms with van der Waals surface area (Å²) in [4.78, 5) is 29.7. The zero-order valence-corrected chi connectivity index (χ0v) is 21.1. The molecule has 9 N–H and O–H groups in total. The molecule has 4 atom stereocenters. The minimum atomic E-state index is -0.977. The lowest BCUT2D eigenvalue weighted by Crippen LogP contribution is -2.40. The van der Waals surface area contributed by atoms with Crippen molar-refractivity contribution in [2.24, 2.45) is 22.4 Å². The van der Waals surface area contributed by atoms with E-state index in [9.17, 15) is 24.2 Å². The van der Waals surface area contributed by atoms with E-state index in [4.69, 9.17) is 23.1 Å². The number of aliphatic hydroxyl groups is 2. The van der Waals surface area contributed by atoms with Crippen LogP contribution in [0.1, 0.15) is 41.5 Å². The molecule has 0 fully saturated rings. The van der Waals surface area contributed by atoms with Crippen molar-refractivity contribution >= 4 is 35.1 Å². The monoisotopic (exact) mass is 534 g/mol. The van der Waals surface area contributed by atoms with Gasteiger partial charge in [-0.15, -0.1) is 0 Å². The number of carbonyl (C=O) groups is 2. The number of amides is 2. The SMILES string of the molecule is CNCc1ccc2c(c1)[C@@H](CC[C@H](O)CO)[C@H](CN=C(N)N)[C@H]2NC(=O)C(=O)Nc1ccc(Cl)c(F)c1. The van der Waals surface area contributed by atoms with E-state index in [-0.39, 0.29) is 41.7 Å². The summed E-state index contributed by atoms with van der Waals surface area (Å²) in [5.74, 6) is -3.25. The number of aliphatic imine (C=N–C) groups is 1. The van der Waals surface area contributed by atoms with Crippen LogP contribution < -0.4 is 27.4 Å². The van der Waals surface area contributed by atoms with Crippen LogP contribution in [0.25, 0.3) is 0 Å². The molecule has 0 unspecified atom stereocenters. The molecule has 12 heteroatoms. The Bertz CT molecular complexity index is 1160. The largest absolute Gasteiger partial charge is 0.394 e. The second-order valence-corrected chi connectivity index (χ2v) is 9.38. The molecule has 0 bridgehead atoms. The van der Waals surface area contributed by atoms with E-state index in [1.165, 1.54) is 12.1 Å². The van der Waals surface area contributed by atoms with Crippen molar-refractivity contribution in [3.8, 4) is 0 Å². The third-order valence-corrected chi connectivity index (χ3v) is 6.69. The van der Waals surface area contributed by atoms with Crippen LogP contribution in [0.2, 0.25) is 5.02 Å². The fourth-order valence-corrected chi connectivity index (χ4v) is 4.78. The minimum Gasteiger partial charge on any atom is -0.394 e. The van der Waals surface area contributed by atoms with Gasteiger partial charge >= 0.3 is 11.8 Å². The Kier molecular flexibility index (Phi) is 9.81. The number of guanidine groups is 1. The molecule has 2 aromatic rings. The van der Waals surface area contributed by atoms with Crippen LogP contribution >= 0.6 is 11.6 Å². The van der Waals surface area contributed by atoms with Gasteiger partial charge in [0.1, 0.15) is 5.82 Å². The summed E-state index contributed by atoms with van der Waals surface area (Å²) in [6, 6.07) is 8.90. The zero-order chi connectivity index (χ0) is 27.1. The van der Waals surface area contributed by atoms with Crippen LogP contribution in [0.15, 0.2) is 41.4 Å². The number of anilines is 1. The summed E-state index contributed by atoms with van der Waals surface area (Å²) in [6.45, 7) is 0.408. The number of nitrogens with one attached hydrogen (secondary N) is 3. The molecule has 0 aromatic heterocycles. The molecular weight excluding hydrogens is 503 g/mol. The quantitative estimate of drug-likeness (QED) is 0.136. The average Bonchev–Trinajstić information content (AvgIpc) is 3.14. The summed E-state index contributed by atoms with van der Waals surface area (Å²) >= 11 is 5.68. The highest BCUT2D eigenvalue weighted by Gasteiger charge is 2.42. The van der Waals surface area contributed by atoms with Gasteiger partial charge in [-0.25, -0.2) is 4.39 Å². The van der Waals surface area contributed by atoms with Crippen molar-refractivity contribution in [3.05, 3.63) is 63.9 Å². The topological polar surface area (TPSA) is 175 Å². The van der Waals surface area contributed by atoms with Crippen molar-refractivity contribution in [3.63, 3.8) is 0 Å². The predicted molar refractivity (Wildman–Crippen MR) is 139 cm³/mol. The molecule has 0 spiro atoms. The number of benzene rings is 2. The first kappa shape index (κ1) is 28.3. The molecule has 0 saturated carbocycles. The Labute approximate surface area is 219 Å². The Morgan fingerprint density at radius 2 is 1.92 bits per heavy atom. The van der Waals surface area contributed by atoms with Gasteiger partial charge in [-0.3, -0.25) is 14.6 Å². The van der Waals surface area contributed by atoms with Crippen LogP contribution in [0, 0.1) is 11.7 Å². The van der Waals surface area contributed by atoms with Crippen molar-refractivity contribution in [1.29, 1.82) is 0 Å². The normalized spacial score (nSPS) is 19.1. The van der Waals surface area contributed by atoms with Crippen LogP contribution in [0.5, 0.6) is 0 Å². The Balaban J connectivity index is 1.90. The first-order chi connectivity index (χ1) is 17.6. The summed E-state index contributed by atoms with van der Waals surface area (Å²) in [5, 5.41) is 27.4. The highest BCUT2D eigenvalue weighted by Crippen LogP contribution is 2.48. The number of carbonyl (C=O) groups excluding carboxylic acids is 2. The first-order valence-corrected chi connectivity index (χ1v) is 12.2. The van der Waals surface area contributed by atoms with Crippen molar-refractivity contribution in [1.82, 2.24) is 10.6 Å². The van der Waals surface area contributed by atoms with Crippen molar-refractivity contribution < 1.29 is 24.2 Å². The molecule has 0 saturated heterocycles. The standard InChI is InChI=1S/C25H32ClFN6O4/c1-30-10-13-2-5-17-18(8-13)16(6-4-15(35)12-34)19(11-31-25(28)29)22(17)33-24(37)23(36)32-14-3-7-20(26)21(27)9-14/h2-3,5,7-9,15-16,19,22,30,34-35H,4,6,10-12H2,1H3,(H,32,36)(H,33,37)(H4,28,29,31)/t15-,16+,19-,22-/m0/s1. The molecule has 37 heavy (non-hydrogen) atoms. The minimum absolute atomic E-state index is 0.0819. The van der Waals surface area contributed by atoms with E-state index < -0.39 is 29.8 Å². The molecule has 0 aliphatic heterocycles. The molecule has 3 rings (SSSR count). The maximum atomic E-state index is 13.8. The van der Waals surface area contributed by atoms with Crippen molar-refractivity contribution in [2.75, 3.05) is 25.5 Å². The number of rotatable bonds is 10. The number of hydrogen-bond donors (Lipinski definition) is 7. The lowest BCUT2D eigenvalue weighted by atomic mass is 9.85. The summed E-state index contributed by atoms with van der Waals surface area (Å²) in [6.07, 6.45) is -0.0874. The molecule has 1 aliphatic carbocycles. The number of aliphatic hydroxyl groups excluding tert-OH is 2. The summed E-state index contributed by atoms with van der Waals surface area (Å²) < 4.78 is 13.8. The van der Waals surface area contributed by atoms with E-state index in [0.29, 0.717) is 19.4 Å². The van der Waals surface area contributed by atoms with Gasteiger partial charge < -0.3 is 37.6 Å². The zero-order valence-electron chi connectivity index (χ0n) is 20.4. The number of halogens is 2. The lowest BCUT2D eigenvalue weighted by molar-refractivity contribution is -0.136. The van der Waals surface area contributed by atoms with E-state index >= 15 is 0 Å². The fourth-order valence-electron chi connectivity index (χ4n) is 4.67. The molecule has 2 amide bonds. The Morgan fingerprint density at radius 1 is 1.16 bits per heavy atom. The van der Waals surface area contributed by atoms with Gasteiger partial charge in [-0.2, -0.15) is 0 Å². The van der Waals surface area contributed by atoms with Gasteiger partial charge in [-0.05, 0) is 60.7 Å². The van der Waals surface area contributed by atoms with Crippen LogP contribution in [0.3, 0.4) is 0 Å². The van der Waals surface area contributed by atoms with E-state index in [1.807, 2.05) is 25.2 Å². The van der Waals surface area contributed by atoms with Crippen LogP contribution in [0.4, 0.5) is 10.1 Å². The highest BCUT2D eigenvalue weighted by atomic mass is 35.5. The van der Waals surface area contributed by atoms with Crippen LogP contribution in [-0.2, 0) is 16.1 Å². The summed E-state index contributed by atoms with van der Waals surface area (Å²) in [7, 11) is 1.83. The molecule has 0 radical (unpaired) electrons. The van der Waals surface area contributed by atoms with Gasteiger partial charge in [0, 0.05) is 24.7 Å². The van der Waals surface area contributed by atoms with E-state index in [0.717, 1.165) is 22.8 Å². The number of nitrogens with two attached hydrogens (primary N) is 2. The smallest absolute Gasteiger partial charge is 0.313 e. The third kappa shape index (κ3) is 7.16. The van der Waals surface area contributed by atoms with E-state index in [2.05, 4.69) is 20.9 Å². The predicted octanol–water partition coefficient (Wildman–Crippen LogP) is 1.11. The van der Waals surface area contributed by atoms with E-state index in [1.54, 1.807) is 0 Å². The van der Waals surface area contributed by atoms with Crippen molar-refractivity contribution in [2.45, 2.75) is 37.5 Å².